The van der Waals surface area contributed by atoms with Crippen molar-refractivity contribution >= 4 is 17.5 Å². The van der Waals surface area contributed by atoms with Gasteiger partial charge in [-0.2, -0.15) is 5.26 Å². The smallest absolute Gasteiger partial charge is 0.134 e. The lowest BCUT2D eigenvalue weighted by molar-refractivity contribution is 0.353. The maximum atomic E-state index is 15.0. The number of benzene rings is 2. The highest BCUT2D eigenvalue weighted by Gasteiger charge is 2.16. The van der Waals surface area contributed by atoms with Crippen molar-refractivity contribution in [2.24, 2.45) is 10.7 Å². The lowest BCUT2D eigenvalue weighted by Crippen LogP contribution is -2.32. The third-order valence-electron chi connectivity index (χ3n) is 5.10. The molecule has 4 N–H and O–H groups in total. The molecule has 0 aromatic heterocycles. The highest BCUT2D eigenvalue weighted by Crippen LogP contribution is 2.26. The number of ether oxygens (including phenoxy) is 1. The second-order valence-corrected chi connectivity index (χ2v) is 7.73. The van der Waals surface area contributed by atoms with E-state index in [0.29, 0.717) is 17.0 Å². The first-order valence-corrected chi connectivity index (χ1v) is 10.5. The number of piperidine rings is 1. The molecule has 1 atom stereocenters. The largest absolute Gasteiger partial charge is 0.487 e. The predicted molar refractivity (Wildman–Crippen MR) is 127 cm³/mol. The zero-order valence-electron chi connectivity index (χ0n) is 18.2. The van der Waals surface area contributed by atoms with Crippen molar-refractivity contribution in [1.82, 2.24) is 5.32 Å². The Bertz CT molecular complexity index is 1060. The number of halogens is 1. The standard InChI is InChI=1S/C25H28FN5O/c1-17-5-3-7-23(9-17)32-16-18(2)31-22-10-19(12-27)25(24(26)11-22)20(13-28)14-30-21-6-4-8-29-15-21/h3,5,7,9-11,13-14,21,29,31H,2,4,6,8,15-16,28H2,1H3/b20-13+,30-14?. The molecular formula is C25H28FN5O. The summed E-state index contributed by atoms with van der Waals surface area (Å²) in [5.74, 6) is 0.154. The Morgan fingerprint density at radius 3 is 2.97 bits per heavy atom. The van der Waals surface area contributed by atoms with E-state index in [4.69, 9.17) is 10.5 Å². The van der Waals surface area contributed by atoms with Crippen LogP contribution in [0.15, 0.2) is 59.9 Å². The van der Waals surface area contributed by atoms with Crippen LogP contribution in [0.5, 0.6) is 5.75 Å². The molecule has 0 spiro atoms. The van der Waals surface area contributed by atoms with Gasteiger partial charge in [0.05, 0.1) is 17.7 Å². The summed E-state index contributed by atoms with van der Waals surface area (Å²) >= 11 is 0. The molecule has 6 nitrogen and oxygen atoms in total. The molecule has 7 heteroatoms. The molecule has 32 heavy (non-hydrogen) atoms. The zero-order chi connectivity index (χ0) is 22.9. The van der Waals surface area contributed by atoms with Crippen LogP contribution in [-0.4, -0.2) is 32.0 Å². The van der Waals surface area contributed by atoms with Gasteiger partial charge in [0.2, 0.25) is 0 Å². The average molecular weight is 434 g/mol. The van der Waals surface area contributed by atoms with E-state index in [1.807, 2.05) is 31.2 Å². The minimum absolute atomic E-state index is 0.116. The Morgan fingerprint density at radius 1 is 1.44 bits per heavy atom. The van der Waals surface area contributed by atoms with Crippen LogP contribution in [0.1, 0.15) is 29.5 Å². The lowest BCUT2D eigenvalue weighted by Gasteiger charge is -2.19. The van der Waals surface area contributed by atoms with Crippen molar-refractivity contribution in [3.8, 4) is 11.8 Å². The number of nitriles is 1. The van der Waals surface area contributed by atoms with Crippen molar-refractivity contribution in [2.45, 2.75) is 25.8 Å². The molecule has 3 rings (SSSR count). The minimum Gasteiger partial charge on any atom is -0.487 e. The summed E-state index contributed by atoms with van der Waals surface area (Å²) in [7, 11) is 0. The van der Waals surface area contributed by atoms with Crippen LogP contribution < -0.4 is 21.1 Å². The highest BCUT2D eigenvalue weighted by atomic mass is 19.1. The van der Waals surface area contributed by atoms with Gasteiger partial charge >= 0.3 is 0 Å². The van der Waals surface area contributed by atoms with Gasteiger partial charge in [-0.1, -0.05) is 18.7 Å². The summed E-state index contributed by atoms with van der Waals surface area (Å²) in [6.45, 7) is 7.86. The number of allylic oxidation sites excluding steroid dienone is 1. The highest BCUT2D eigenvalue weighted by molar-refractivity contribution is 6.10. The molecular weight excluding hydrogens is 405 g/mol. The molecule has 1 aliphatic rings. The summed E-state index contributed by atoms with van der Waals surface area (Å²) in [4.78, 5) is 4.52. The molecule has 2 aromatic rings. The summed E-state index contributed by atoms with van der Waals surface area (Å²) in [6.07, 6.45) is 4.84. The monoisotopic (exact) mass is 433 g/mol. The van der Waals surface area contributed by atoms with Crippen LogP contribution in [0.3, 0.4) is 0 Å². The fourth-order valence-electron chi connectivity index (χ4n) is 3.51. The number of hydrogen-bond acceptors (Lipinski definition) is 6. The minimum atomic E-state index is -0.566. The quantitative estimate of drug-likeness (QED) is 0.544. The van der Waals surface area contributed by atoms with Crippen molar-refractivity contribution in [1.29, 1.82) is 5.26 Å². The molecule has 1 heterocycles. The van der Waals surface area contributed by atoms with E-state index in [2.05, 4.69) is 28.3 Å². The Balaban J connectivity index is 1.71. The summed E-state index contributed by atoms with van der Waals surface area (Å²) in [6, 6.07) is 12.7. The summed E-state index contributed by atoms with van der Waals surface area (Å²) in [5.41, 5.74) is 8.44. The molecule has 1 saturated heterocycles. The Morgan fingerprint density at radius 2 is 2.28 bits per heavy atom. The predicted octanol–water partition coefficient (Wildman–Crippen LogP) is 4.13. The SMILES string of the molecule is C=C(COc1cccc(C)c1)Nc1cc(F)c(/C(C=NC2CCCNC2)=C/N)c(C#N)c1. The maximum absolute atomic E-state index is 15.0. The zero-order valence-corrected chi connectivity index (χ0v) is 18.2. The van der Waals surface area contributed by atoms with Gasteiger partial charge in [0, 0.05) is 41.5 Å². The Labute approximate surface area is 188 Å². The lowest BCUT2D eigenvalue weighted by atomic mass is 9.99. The van der Waals surface area contributed by atoms with E-state index in [-0.39, 0.29) is 23.8 Å². The van der Waals surface area contributed by atoms with Crippen LogP contribution >= 0.6 is 0 Å². The van der Waals surface area contributed by atoms with E-state index in [1.165, 1.54) is 12.3 Å². The molecule has 166 valence electrons. The Kier molecular flexibility index (Phi) is 8.01. The van der Waals surface area contributed by atoms with Gasteiger partial charge in [-0.05, 0) is 56.1 Å². The molecule has 0 radical (unpaired) electrons. The van der Waals surface area contributed by atoms with Crippen molar-refractivity contribution in [3.63, 3.8) is 0 Å². The van der Waals surface area contributed by atoms with Gasteiger partial charge in [-0.25, -0.2) is 4.39 Å². The summed E-state index contributed by atoms with van der Waals surface area (Å²) < 4.78 is 20.7. The van der Waals surface area contributed by atoms with Crippen LogP contribution in [-0.2, 0) is 0 Å². The van der Waals surface area contributed by atoms with E-state index in [0.717, 1.165) is 37.2 Å². The average Bonchev–Trinajstić information content (AvgIpc) is 2.79. The second kappa shape index (κ2) is 11.1. The maximum Gasteiger partial charge on any atom is 0.134 e. The first-order valence-electron chi connectivity index (χ1n) is 10.5. The number of aryl methyl sites for hydroxylation is 1. The number of rotatable bonds is 8. The van der Waals surface area contributed by atoms with Gasteiger partial charge < -0.3 is 21.1 Å². The molecule has 0 amide bonds. The van der Waals surface area contributed by atoms with Crippen molar-refractivity contribution < 1.29 is 9.13 Å². The molecule has 1 aliphatic heterocycles. The van der Waals surface area contributed by atoms with Gasteiger partial charge in [0.25, 0.3) is 0 Å². The van der Waals surface area contributed by atoms with E-state index in [1.54, 1.807) is 12.3 Å². The van der Waals surface area contributed by atoms with Crippen LogP contribution in [0.4, 0.5) is 10.1 Å². The van der Waals surface area contributed by atoms with Crippen LogP contribution in [0, 0.1) is 24.1 Å². The molecule has 1 fully saturated rings. The molecule has 2 aromatic carbocycles. The second-order valence-electron chi connectivity index (χ2n) is 7.73. The van der Waals surface area contributed by atoms with Gasteiger partial charge in [0.1, 0.15) is 18.2 Å². The third-order valence-corrected chi connectivity index (χ3v) is 5.10. The first-order chi connectivity index (χ1) is 15.5. The molecule has 0 saturated carbocycles. The number of hydrogen-bond donors (Lipinski definition) is 3. The fraction of sp³-hybridized carbons (Fsp3) is 0.280. The molecule has 0 aliphatic carbocycles. The van der Waals surface area contributed by atoms with E-state index < -0.39 is 5.82 Å². The third kappa shape index (κ3) is 6.19. The van der Waals surface area contributed by atoms with Crippen molar-refractivity contribution in [2.75, 3.05) is 25.0 Å². The Hall–Kier alpha value is -3.63. The van der Waals surface area contributed by atoms with Crippen LogP contribution in [0.25, 0.3) is 5.57 Å². The number of anilines is 1. The number of nitrogens with zero attached hydrogens (tertiary/aromatic N) is 2. The molecule has 0 bridgehead atoms. The van der Waals surface area contributed by atoms with E-state index in [9.17, 15) is 5.26 Å². The number of aliphatic imine (C=N–C) groups is 1. The van der Waals surface area contributed by atoms with E-state index >= 15 is 4.39 Å². The normalized spacial score (nSPS) is 16.5. The number of nitrogens with two attached hydrogens (primary N) is 1. The van der Waals surface area contributed by atoms with Crippen molar-refractivity contribution in [3.05, 3.63) is 77.4 Å². The topological polar surface area (TPSA) is 95.5 Å². The first kappa shape index (κ1) is 23.0. The van der Waals surface area contributed by atoms with Gasteiger partial charge in [-0.15, -0.1) is 0 Å². The van der Waals surface area contributed by atoms with Crippen LogP contribution in [0.2, 0.25) is 0 Å². The summed E-state index contributed by atoms with van der Waals surface area (Å²) in [5, 5.41) is 15.9. The number of nitrogens with one attached hydrogen (secondary N) is 2. The molecule has 1 unspecified atom stereocenters. The fourth-order valence-corrected chi connectivity index (χ4v) is 3.51. The van der Waals surface area contributed by atoms with Gasteiger partial charge in [-0.3, -0.25) is 4.99 Å². The van der Waals surface area contributed by atoms with Gasteiger partial charge in [0.15, 0.2) is 0 Å².